The van der Waals surface area contributed by atoms with Gasteiger partial charge in [0.15, 0.2) is 0 Å². The van der Waals surface area contributed by atoms with Crippen molar-refractivity contribution in [1.29, 1.82) is 0 Å². The molecule has 0 aliphatic carbocycles. The summed E-state index contributed by atoms with van der Waals surface area (Å²) in [5.41, 5.74) is 0. The van der Waals surface area contributed by atoms with Crippen LogP contribution in [0.3, 0.4) is 0 Å². The molecular weight excluding hydrogens is 398 g/mol. The Labute approximate surface area is 130 Å². The maximum Gasteiger partial charge on any atom is 0.244 e. The molecule has 2 rings (SSSR count). The molecule has 0 N–H and O–H groups in total. The maximum atomic E-state index is 12.4. The maximum absolute atomic E-state index is 12.4. The van der Waals surface area contributed by atoms with Crippen LogP contribution in [0.1, 0.15) is 0 Å². The molecular formula is C11H15Br2N3O2S. The highest BCUT2D eigenvalue weighted by Crippen LogP contribution is 2.19. The molecule has 0 spiro atoms. The molecule has 8 heteroatoms. The van der Waals surface area contributed by atoms with E-state index in [0.29, 0.717) is 17.6 Å². The second kappa shape index (κ2) is 6.62. The van der Waals surface area contributed by atoms with E-state index in [2.05, 4.69) is 41.7 Å². The molecule has 0 unspecified atom stereocenters. The Morgan fingerprint density at radius 1 is 1.21 bits per heavy atom. The molecule has 0 aromatic carbocycles. The third-order valence-corrected chi connectivity index (χ3v) is 5.70. The molecule has 5 nitrogen and oxygen atoms in total. The first-order valence-corrected chi connectivity index (χ1v) is 9.28. The lowest BCUT2D eigenvalue weighted by molar-refractivity contribution is 0.198. The van der Waals surface area contributed by atoms with Crippen LogP contribution < -0.4 is 0 Å². The number of halogens is 2. The minimum Gasteiger partial charge on any atom is -0.300 e. The summed E-state index contributed by atoms with van der Waals surface area (Å²) in [5, 5.41) is 0.912. The van der Waals surface area contributed by atoms with Crippen LogP contribution in [0.15, 0.2) is 27.8 Å². The Morgan fingerprint density at radius 2 is 1.89 bits per heavy atom. The molecule has 106 valence electrons. The van der Waals surface area contributed by atoms with E-state index in [0.717, 1.165) is 25.0 Å². The topological polar surface area (TPSA) is 53.5 Å². The third-order valence-electron chi connectivity index (χ3n) is 3.05. The lowest BCUT2D eigenvalue weighted by atomic mass is 10.4. The van der Waals surface area contributed by atoms with Crippen molar-refractivity contribution in [2.45, 2.75) is 4.90 Å². The molecule has 1 aromatic heterocycles. The second-order valence-corrected chi connectivity index (χ2v) is 7.92. The summed E-state index contributed by atoms with van der Waals surface area (Å²) in [6.45, 7) is 3.55. The van der Waals surface area contributed by atoms with Crippen LogP contribution in [-0.4, -0.2) is 60.7 Å². The fraction of sp³-hybridized carbons (Fsp3) is 0.545. The van der Waals surface area contributed by atoms with Crippen molar-refractivity contribution >= 4 is 41.9 Å². The number of alkyl halides is 1. The summed E-state index contributed by atoms with van der Waals surface area (Å²) in [6, 6.07) is 1.59. The van der Waals surface area contributed by atoms with Gasteiger partial charge in [0.25, 0.3) is 0 Å². The van der Waals surface area contributed by atoms with Gasteiger partial charge in [0.2, 0.25) is 10.0 Å². The quantitative estimate of drug-likeness (QED) is 0.704. The minimum absolute atomic E-state index is 0.246. The van der Waals surface area contributed by atoms with Crippen molar-refractivity contribution in [3.05, 3.63) is 22.9 Å². The highest BCUT2D eigenvalue weighted by atomic mass is 79.9. The fourth-order valence-corrected chi connectivity index (χ4v) is 4.43. The Kier molecular flexibility index (Phi) is 5.36. The number of sulfonamides is 1. The molecule has 2 heterocycles. The van der Waals surface area contributed by atoms with Crippen molar-refractivity contribution in [2.24, 2.45) is 0 Å². The number of hydrogen-bond donors (Lipinski definition) is 0. The molecule has 0 amide bonds. The first kappa shape index (κ1) is 15.4. The molecule has 1 aliphatic rings. The molecule has 0 bridgehead atoms. The average molecular weight is 413 g/mol. The summed E-state index contributed by atoms with van der Waals surface area (Å²) in [4.78, 5) is 6.42. The zero-order valence-corrected chi connectivity index (χ0v) is 14.3. The number of piperazine rings is 1. The lowest BCUT2D eigenvalue weighted by Gasteiger charge is -2.33. The number of aromatic nitrogens is 1. The molecule has 1 aliphatic heterocycles. The predicted octanol–water partition coefficient (Wildman–Crippen LogP) is 1.55. The van der Waals surface area contributed by atoms with Crippen LogP contribution >= 0.6 is 31.9 Å². The number of hydrogen-bond acceptors (Lipinski definition) is 4. The summed E-state index contributed by atoms with van der Waals surface area (Å²) in [6.07, 6.45) is 2.97. The molecule has 0 radical (unpaired) electrons. The summed E-state index contributed by atoms with van der Waals surface area (Å²) >= 11 is 6.65. The predicted molar refractivity (Wildman–Crippen MR) is 80.9 cm³/mol. The monoisotopic (exact) mass is 411 g/mol. The highest BCUT2D eigenvalue weighted by Gasteiger charge is 2.28. The molecule has 1 fully saturated rings. The number of nitrogens with zero attached hydrogens (tertiary/aromatic N) is 3. The van der Waals surface area contributed by atoms with Gasteiger partial charge >= 0.3 is 0 Å². The van der Waals surface area contributed by atoms with Gasteiger partial charge in [-0.2, -0.15) is 4.31 Å². The standard InChI is InChI=1S/C11H15Br2N3O2S/c12-1-2-15-3-5-16(6-4-15)19(17,18)11-7-10(13)8-14-9-11/h7-9H,1-6H2. The van der Waals surface area contributed by atoms with Crippen LogP contribution in [-0.2, 0) is 10.0 Å². The van der Waals surface area contributed by atoms with Crippen LogP contribution in [0.4, 0.5) is 0 Å². The minimum atomic E-state index is -3.42. The van der Waals surface area contributed by atoms with E-state index < -0.39 is 10.0 Å². The van der Waals surface area contributed by atoms with Gasteiger partial charge in [-0.05, 0) is 22.0 Å². The van der Waals surface area contributed by atoms with Crippen LogP contribution in [0.5, 0.6) is 0 Å². The van der Waals surface area contributed by atoms with E-state index >= 15 is 0 Å². The largest absolute Gasteiger partial charge is 0.300 e. The highest BCUT2D eigenvalue weighted by molar-refractivity contribution is 9.10. The van der Waals surface area contributed by atoms with Gasteiger partial charge in [-0.3, -0.25) is 9.88 Å². The van der Waals surface area contributed by atoms with E-state index in [-0.39, 0.29) is 4.90 Å². The lowest BCUT2D eigenvalue weighted by Crippen LogP contribution is -2.48. The van der Waals surface area contributed by atoms with Crippen molar-refractivity contribution in [3.63, 3.8) is 0 Å². The van der Waals surface area contributed by atoms with E-state index in [1.54, 1.807) is 12.3 Å². The van der Waals surface area contributed by atoms with Crippen molar-refractivity contribution in [1.82, 2.24) is 14.2 Å². The van der Waals surface area contributed by atoms with Crippen LogP contribution in [0.2, 0.25) is 0 Å². The molecule has 0 atom stereocenters. The first-order chi connectivity index (χ1) is 9.04. The van der Waals surface area contributed by atoms with Crippen molar-refractivity contribution in [2.75, 3.05) is 38.1 Å². The van der Waals surface area contributed by atoms with E-state index in [4.69, 9.17) is 0 Å². The Bertz CT molecular complexity index is 530. The van der Waals surface area contributed by atoms with Crippen LogP contribution in [0, 0.1) is 0 Å². The van der Waals surface area contributed by atoms with E-state index in [1.807, 2.05) is 0 Å². The Balaban J connectivity index is 2.10. The molecule has 19 heavy (non-hydrogen) atoms. The van der Waals surface area contributed by atoms with E-state index in [1.165, 1.54) is 10.5 Å². The molecule has 0 saturated carbocycles. The van der Waals surface area contributed by atoms with Gasteiger partial charge in [-0.25, -0.2) is 8.42 Å². The summed E-state index contributed by atoms with van der Waals surface area (Å²) in [7, 11) is -3.42. The summed E-state index contributed by atoms with van der Waals surface area (Å²) < 4.78 is 27.1. The second-order valence-electron chi connectivity index (χ2n) is 4.27. The normalized spacial score (nSPS) is 18.6. The van der Waals surface area contributed by atoms with Gasteiger partial charge in [0.05, 0.1) is 0 Å². The van der Waals surface area contributed by atoms with Gasteiger partial charge in [-0.15, -0.1) is 0 Å². The molecule has 1 saturated heterocycles. The van der Waals surface area contributed by atoms with Crippen LogP contribution in [0.25, 0.3) is 0 Å². The van der Waals surface area contributed by atoms with E-state index in [9.17, 15) is 8.42 Å². The fourth-order valence-electron chi connectivity index (χ4n) is 2.00. The zero-order chi connectivity index (χ0) is 13.9. The van der Waals surface area contributed by atoms with Gasteiger partial charge in [0, 0.05) is 54.9 Å². The van der Waals surface area contributed by atoms with Gasteiger partial charge in [0.1, 0.15) is 4.90 Å². The van der Waals surface area contributed by atoms with Crippen molar-refractivity contribution < 1.29 is 8.42 Å². The molecule has 1 aromatic rings. The SMILES string of the molecule is O=S(=O)(c1cncc(Br)c1)N1CCN(CCBr)CC1. The number of rotatable bonds is 4. The smallest absolute Gasteiger partial charge is 0.244 e. The zero-order valence-electron chi connectivity index (χ0n) is 10.3. The number of pyridine rings is 1. The Morgan fingerprint density at radius 3 is 2.47 bits per heavy atom. The first-order valence-electron chi connectivity index (χ1n) is 5.93. The third kappa shape index (κ3) is 3.75. The van der Waals surface area contributed by atoms with Crippen molar-refractivity contribution in [3.8, 4) is 0 Å². The average Bonchev–Trinajstić information content (AvgIpc) is 2.40. The van der Waals surface area contributed by atoms with Gasteiger partial charge in [-0.1, -0.05) is 15.9 Å². The Hall–Kier alpha value is -0.0200. The summed E-state index contributed by atoms with van der Waals surface area (Å²) in [5.74, 6) is 0. The van der Waals surface area contributed by atoms with Gasteiger partial charge < -0.3 is 0 Å².